The molecule has 13 aromatic carbocycles. The summed E-state index contributed by atoms with van der Waals surface area (Å²) >= 11 is 0. The molecular formula is C91H76BN3. The predicted molar refractivity (Wildman–Crippen MR) is 405 cm³/mol. The Hall–Kier alpha value is -10.7. The van der Waals surface area contributed by atoms with Gasteiger partial charge in [0.05, 0.1) is 49.8 Å². The first kappa shape index (κ1) is 40.4. The first-order valence-corrected chi connectivity index (χ1v) is 32.3. The number of rotatable bonds is 8. The molecule has 0 bridgehead atoms. The highest BCUT2D eigenvalue weighted by atomic mass is 15.2. The third kappa shape index (κ3) is 9.46. The third-order valence-corrected chi connectivity index (χ3v) is 19.2. The SMILES string of the molecule is [2H]c1c([2H])c([2H])c2c(c1[2H])-c1c([2H])c([2H])c([2H])c([2H])c1C2c1c([2H])c([2H])c2c(c1[2H])N(c1c(-c3ccccc3)cc(C(C)(C)C)cc1-c1ccccc1)c1cc(C(C)(C)C)cc3c1B2c1ccc(-n2c4c([2H])c([2H])c([2H])c([2H])c4c4c([2H])c([2H])c([2H])c([2H])c42)c([2H])c1N3c1c(-c2ccccc2)cc(C(C)(C)C)cc1-c1ccccc1. The van der Waals surface area contributed by atoms with E-state index in [1.165, 1.54) is 4.57 Å². The summed E-state index contributed by atoms with van der Waals surface area (Å²) in [5, 5.41) is -0.411. The smallest absolute Gasteiger partial charge is 0.252 e. The number of para-hydroxylation sites is 2. The summed E-state index contributed by atoms with van der Waals surface area (Å²) in [5.41, 5.74) is 8.04. The van der Waals surface area contributed by atoms with Crippen molar-refractivity contribution in [3.05, 3.63) is 324 Å². The number of hydrogen-bond donors (Lipinski definition) is 0. The zero-order valence-electron chi connectivity index (χ0n) is 74.2. The predicted octanol–water partition coefficient (Wildman–Crippen LogP) is 22.6. The molecule has 4 heteroatoms. The van der Waals surface area contributed by atoms with Crippen LogP contribution < -0.4 is 26.2 Å². The van der Waals surface area contributed by atoms with Gasteiger partial charge in [0.15, 0.2) is 0 Å². The minimum Gasteiger partial charge on any atom is -0.310 e. The van der Waals surface area contributed by atoms with Crippen LogP contribution in [0.3, 0.4) is 0 Å². The van der Waals surface area contributed by atoms with Crippen LogP contribution in [0.25, 0.3) is 83.1 Å². The second kappa shape index (κ2) is 22.0. The number of aromatic nitrogens is 1. The Morgan fingerprint density at radius 1 is 0.347 bits per heavy atom. The average molecular weight is 1240 g/mol. The lowest BCUT2D eigenvalue weighted by Crippen LogP contribution is -2.61. The molecule has 3 heterocycles. The van der Waals surface area contributed by atoms with Crippen LogP contribution in [0.4, 0.5) is 34.1 Å². The molecule has 1 aromatic heterocycles. The van der Waals surface area contributed by atoms with Crippen LogP contribution in [0.5, 0.6) is 0 Å². The highest BCUT2D eigenvalue weighted by Crippen LogP contribution is 2.57. The summed E-state index contributed by atoms with van der Waals surface area (Å²) in [4.78, 5) is 4.08. The van der Waals surface area contributed by atoms with E-state index >= 15 is 0 Å². The van der Waals surface area contributed by atoms with Gasteiger partial charge >= 0.3 is 0 Å². The highest BCUT2D eigenvalue weighted by Gasteiger charge is 2.47. The van der Waals surface area contributed by atoms with Crippen molar-refractivity contribution in [3.63, 3.8) is 0 Å². The topological polar surface area (TPSA) is 11.4 Å². The van der Waals surface area contributed by atoms with Crippen LogP contribution in [-0.2, 0) is 16.2 Å². The van der Waals surface area contributed by atoms with Crippen LogP contribution in [0, 0.1) is 0 Å². The molecule has 0 amide bonds. The molecule has 14 aromatic rings. The first-order valence-electron chi connectivity index (χ1n) is 42.3. The van der Waals surface area contributed by atoms with E-state index in [0.717, 1.165) is 38.9 Å². The maximum absolute atomic E-state index is 11.7. The van der Waals surface area contributed by atoms with E-state index in [0.29, 0.717) is 55.9 Å². The van der Waals surface area contributed by atoms with Gasteiger partial charge in [0.25, 0.3) is 6.71 Å². The van der Waals surface area contributed by atoms with Crippen molar-refractivity contribution in [2.75, 3.05) is 9.80 Å². The van der Waals surface area contributed by atoms with Gasteiger partial charge < -0.3 is 14.4 Å². The molecule has 458 valence electrons. The molecule has 0 spiro atoms. The quantitative estimate of drug-likeness (QED) is 0.141. The van der Waals surface area contributed by atoms with Gasteiger partial charge in [0, 0.05) is 67.4 Å². The van der Waals surface area contributed by atoms with E-state index < -0.39 is 144 Å². The van der Waals surface area contributed by atoms with Gasteiger partial charge in [-0.3, -0.25) is 0 Å². The van der Waals surface area contributed by atoms with E-state index in [-0.39, 0.29) is 78.2 Å². The van der Waals surface area contributed by atoms with Crippen LogP contribution >= 0.6 is 0 Å². The number of benzene rings is 13. The molecule has 0 saturated carbocycles. The zero-order chi connectivity index (χ0) is 82.1. The Morgan fingerprint density at radius 3 is 1.15 bits per heavy atom. The molecule has 3 aliphatic rings. The van der Waals surface area contributed by atoms with Gasteiger partial charge in [-0.15, -0.1) is 0 Å². The molecular weight excluding hydrogens is 1150 g/mol. The van der Waals surface area contributed by atoms with Crippen molar-refractivity contribution >= 4 is 79.0 Å². The Labute approximate surface area is 588 Å². The van der Waals surface area contributed by atoms with Crippen molar-refractivity contribution in [2.45, 2.75) is 84.5 Å². The van der Waals surface area contributed by atoms with Crippen molar-refractivity contribution in [2.24, 2.45) is 0 Å². The van der Waals surface area contributed by atoms with Crippen LogP contribution in [-0.4, -0.2) is 11.3 Å². The van der Waals surface area contributed by atoms with Crippen LogP contribution in [0.2, 0.25) is 0 Å². The minimum absolute atomic E-state index is 0.0222. The molecule has 0 N–H and O–H groups in total. The molecule has 1 aliphatic carbocycles. The van der Waals surface area contributed by atoms with Gasteiger partial charge in [-0.2, -0.15) is 0 Å². The minimum atomic E-state index is -1.71. The molecule has 0 unspecified atom stereocenters. The summed E-state index contributed by atoms with van der Waals surface area (Å²) in [6, 6.07) is 43.7. The van der Waals surface area contributed by atoms with Crippen molar-refractivity contribution in [3.8, 4) is 61.3 Å². The highest BCUT2D eigenvalue weighted by molar-refractivity contribution is 7.00. The second-order valence-electron chi connectivity index (χ2n) is 28.1. The van der Waals surface area contributed by atoms with Crippen LogP contribution in [0.1, 0.15) is 129 Å². The Balaban J connectivity index is 1.14. The van der Waals surface area contributed by atoms with Crippen molar-refractivity contribution in [1.29, 1.82) is 0 Å². The normalized spacial score (nSPS) is 16.4. The van der Waals surface area contributed by atoms with E-state index in [1.54, 1.807) is 12.1 Å². The van der Waals surface area contributed by atoms with Crippen LogP contribution in [0.15, 0.2) is 291 Å². The zero-order valence-corrected chi connectivity index (χ0v) is 54.2. The van der Waals surface area contributed by atoms with E-state index in [2.05, 4.69) is 104 Å². The van der Waals surface area contributed by atoms with Crippen molar-refractivity contribution in [1.82, 2.24) is 4.57 Å². The molecule has 2 aliphatic heterocycles. The lowest BCUT2D eigenvalue weighted by atomic mass is 9.33. The Kier molecular flexibility index (Phi) is 9.35. The number of hydrogen-bond acceptors (Lipinski definition) is 2. The largest absolute Gasteiger partial charge is 0.310 e. The summed E-state index contributed by atoms with van der Waals surface area (Å²) in [5.74, 6) is -1.71. The first-order chi connectivity index (χ1) is 54.4. The fraction of sp³-hybridized carbons (Fsp3) is 0.143. The van der Waals surface area contributed by atoms with E-state index in [4.69, 9.17) is 5.48 Å². The van der Waals surface area contributed by atoms with Gasteiger partial charge in [-0.1, -0.05) is 286 Å². The maximum atomic E-state index is 11.7. The second-order valence-corrected chi connectivity index (χ2v) is 28.1. The number of fused-ring (bicyclic) bond motifs is 10. The van der Waals surface area contributed by atoms with Gasteiger partial charge in [0.2, 0.25) is 0 Å². The Bertz CT molecular complexity index is 6340. The summed E-state index contributed by atoms with van der Waals surface area (Å²) in [7, 11) is 0. The summed E-state index contributed by atoms with van der Waals surface area (Å²) in [6.45, 7) is 17.7. The average Bonchev–Trinajstić information content (AvgIpc) is 1.26. The van der Waals surface area contributed by atoms with Gasteiger partial charge in [-0.25, -0.2) is 0 Å². The van der Waals surface area contributed by atoms with Crippen molar-refractivity contribution < 1.29 is 27.4 Å². The molecule has 3 nitrogen and oxygen atoms in total. The fourth-order valence-electron chi connectivity index (χ4n) is 14.4. The molecule has 0 atom stereocenters. The lowest BCUT2D eigenvalue weighted by Gasteiger charge is -2.47. The standard InChI is InChI=1S/C91H76BN3/c1-89(2,3)63-51-73(58-30-14-10-15-31-58)87(74(52-63)59-32-16-11-17-33-59)94-81-50-62(85-71-42-24-22-38-67(71)68-39-23-25-43-72(68)85)46-48-77(81)92-78-49-47-66(93-79-44-28-26-40-69(79)70-41-27-29-45-80(70)93)57-82(78)95(84-56-65(91(7,8)9)55-83(94)86(84)92)88-75(60-34-18-12-19-35-60)53-64(90(4,5)6)54-76(88)61-36-20-13-21-37-61/h10-57,85H,1-9H3/i22D,23D,24D,25D,26D,27D,28D,29D,38D,39D,40D,41D,42D,43D,44D,45D,46D,48D,50D,57D. The monoisotopic (exact) mass is 1240 g/mol. The van der Waals surface area contributed by atoms with E-state index in [1.807, 2.05) is 126 Å². The molecule has 17 rings (SSSR count). The van der Waals surface area contributed by atoms with Gasteiger partial charge in [-0.05, 0) is 166 Å². The van der Waals surface area contributed by atoms with E-state index in [9.17, 15) is 21.9 Å². The maximum Gasteiger partial charge on any atom is 0.252 e. The summed E-state index contributed by atoms with van der Waals surface area (Å²) < 4.78 is 198. The molecule has 0 saturated heterocycles. The Morgan fingerprint density at radius 2 is 0.726 bits per heavy atom. The third-order valence-electron chi connectivity index (χ3n) is 19.2. The molecule has 95 heavy (non-hydrogen) atoms. The number of anilines is 6. The molecule has 0 radical (unpaired) electrons. The fourth-order valence-corrected chi connectivity index (χ4v) is 14.4. The number of nitrogens with zero attached hydrogens (tertiary/aromatic N) is 3. The molecule has 0 fully saturated rings. The lowest BCUT2D eigenvalue weighted by molar-refractivity contribution is 0.590. The summed E-state index contributed by atoms with van der Waals surface area (Å²) in [6.07, 6.45) is 0. The van der Waals surface area contributed by atoms with Gasteiger partial charge in [0.1, 0.15) is 0 Å².